The Bertz CT molecular complexity index is 174. The van der Waals surface area contributed by atoms with Crippen LogP contribution in [0.15, 0.2) is 0 Å². The zero-order valence-corrected chi connectivity index (χ0v) is 10.8. The van der Waals surface area contributed by atoms with Crippen molar-refractivity contribution in [3.05, 3.63) is 0 Å². The van der Waals surface area contributed by atoms with E-state index < -0.39 is 0 Å². The van der Waals surface area contributed by atoms with Crippen LogP contribution in [-0.2, 0) is 0 Å². The Labute approximate surface area is 79.5 Å². The molecule has 12 heavy (non-hydrogen) atoms. The summed E-state index contributed by atoms with van der Waals surface area (Å²) in [5.41, 5.74) is 0.710. The fraction of sp³-hybridized carbons (Fsp3) is 1.00. The molecular formula is C11H22Si. The molecule has 0 heterocycles. The van der Waals surface area contributed by atoms with Crippen molar-refractivity contribution in [1.82, 2.24) is 0 Å². The first-order valence-corrected chi connectivity index (χ1v) is 7.07. The normalized spacial score (nSPS) is 44.0. The third-order valence-corrected chi connectivity index (χ3v) is 5.23. The van der Waals surface area contributed by atoms with Gasteiger partial charge in [0.1, 0.15) is 0 Å². The molecule has 70 valence electrons. The Morgan fingerprint density at radius 2 is 2.08 bits per heavy atom. The SMILES string of the molecule is CC1(C)C2CCC1C(CC[SiH3])C2. The molecule has 3 unspecified atom stereocenters. The first kappa shape index (κ1) is 8.80. The summed E-state index contributed by atoms with van der Waals surface area (Å²) in [5.74, 6) is 3.30. The van der Waals surface area contributed by atoms with Crippen LogP contribution in [0.5, 0.6) is 0 Å². The Balaban J connectivity index is 2.08. The largest absolute Gasteiger partial charge is 0.0656 e. The average Bonchev–Trinajstić information content (AvgIpc) is 2.41. The summed E-state index contributed by atoms with van der Waals surface area (Å²) in [6.07, 6.45) is 6.20. The van der Waals surface area contributed by atoms with Crippen molar-refractivity contribution in [3.8, 4) is 0 Å². The highest BCUT2D eigenvalue weighted by Gasteiger charge is 2.52. The number of hydrogen-bond acceptors (Lipinski definition) is 0. The first-order valence-electron chi connectivity index (χ1n) is 5.66. The minimum absolute atomic E-state index is 0.710. The summed E-state index contributed by atoms with van der Waals surface area (Å²) >= 11 is 0. The van der Waals surface area contributed by atoms with Gasteiger partial charge in [0.05, 0.1) is 0 Å². The highest BCUT2D eigenvalue weighted by atomic mass is 28.1. The standard InChI is InChI=1S/C11H22Si/c1-11(2)9-3-4-10(11)8(7-9)5-6-12/h8-10H,3-7H2,1-2,12H3. The van der Waals surface area contributed by atoms with Crippen LogP contribution in [0.2, 0.25) is 6.04 Å². The van der Waals surface area contributed by atoms with Crippen molar-refractivity contribution in [2.75, 3.05) is 0 Å². The van der Waals surface area contributed by atoms with E-state index in [1.54, 1.807) is 19.3 Å². The molecule has 2 rings (SSSR count). The highest BCUT2D eigenvalue weighted by molar-refractivity contribution is 6.08. The van der Waals surface area contributed by atoms with Crippen molar-refractivity contribution in [2.45, 2.75) is 45.6 Å². The Kier molecular flexibility index (Phi) is 2.10. The van der Waals surface area contributed by atoms with Crippen molar-refractivity contribution >= 4 is 10.2 Å². The number of hydrogen-bond donors (Lipinski definition) is 0. The third-order valence-electron chi connectivity index (χ3n) is 4.65. The van der Waals surface area contributed by atoms with Crippen molar-refractivity contribution < 1.29 is 0 Å². The van der Waals surface area contributed by atoms with Crippen LogP contribution < -0.4 is 0 Å². The highest BCUT2D eigenvalue weighted by Crippen LogP contribution is 2.61. The van der Waals surface area contributed by atoms with Crippen LogP contribution in [0.25, 0.3) is 0 Å². The molecule has 0 spiro atoms. The summed E-state index contributed by atoms with van der Waals surface area (Å²) in [6.45, 7) is 5.03. The van der Waals surface area contributed by atoms with Gasteiger partial charge in [-0.15, -0.1) is 0 Å². The van der Waals surface area contributed by atoms with Crippen LogP contribution in [-0.4, -0.2) is 10.2 Å². The maximum Gasteiger partial charge on any atom is 0.00281 e. The summed E-state index contributed by atoms with van der Waals surface area (Å²) in [4.78, 5) is 0. The van der Waals surface area contributed by atoms with Gasteiger partial charge in [-0.2, -0.15) is 0 Å². The van der Waals surface area contributed by atoms with Gasteiger partial charge < -0.3 is 0 Å². The molecule has 0 radical (unpaired) electrons. The van der Waals surface area contributed by atoms with Gasteiger partial charge in [-0.1, -0.05) is 26.3 Å². The fourth-order valence-corrected chi connectivity index (χ4v) is 4.65. The van der Waals surface area contributed by atoms with E-state index >= 15 is 0 Å². The predicted molar refractivity (Wildman–Crippen MR) is 57.5 cm³/mol. The van der Waals surface area contributed by atoms with Crippen molar-refractivity contribution in [1.29, 1.82) is 0 Å². The second kappa shape index (κ2) is 2.86. The molecular weight excluding hydrogens is 160 g/mol. The maximum atomic E-state index is 2.52. The Morgan fingerprint density at radius 3 is 2.50 bits per heavy atom. The summed E-state index contributed by atoms with van der Waals surface area (Å²) < 4.78 is 0. The molecule has 0 saturated heterocycles. The quantitative estimate of drug-likeness (QED) is 0.575. The molecule has 2 aliphatic carbocycles. The first-order chi connectivity index (χ1) is 5.66. The van der Waals surface area contributed by atoms with E-state index in [1.165, 1.54) is 22.7 Å². The van der Waals surface area contributed by atoms with Crippen LogP contribution in [0.4, 0.5) is 0 Å². The summed E-state index contributed by atoms with van der Waals surface area (Å²) in [5, 5.41) is 0. The minimum atomic E-state index is 0.710. The van der Waals surface area contributed by atoms with Gasteiger partial charge in [0.2, 0.25) is 0 Å². The second-order valence-electron chi connectivity index (χ2n) is 5.49. The van der Waals surface area contributed by atoms with E-state index in [-0.39, 0.29) is 0 Å². The summed E-state index contributed by atoms with van der Waals surface area (Å²) in [7, 11) is 1.42. The topological polar surface area (TPSA) is 0 Å². The van der Waals surface area contributed by atoms with Crippen LogP contribution in [0.1, 0.15) is 39.5 Å². The van der Waals surface area contributed by atoms with Crippen LogP contribution >= 0.6 is 0 Å². The third kappa shape index (κ3) is 1.09. The Hall–Kier alpha value is 0.217. The molecule has 1 heteroatoms. The maximum absolute atomic E-state index is 2.52. The van der Waals surface area contributed by atoms with E-state index in [2.05, 4.69) is 13.8 Å². The average molecular weight is 182 g/mol. The lowest BCUT2D eigenvalue weighted by molar-refractivity contribution is 0.232. The molecule has 2 fully saturated rings. The number of rotatable bonds is 2. The molecule has 0 nitrogen and oxygen atoms in total. The lowest BCUT2D eigenvalue weighted by Gasteiger charge is -2.26. The van der Waals surface area contributed by atoms with E-state index in [1.807, 2.05) is 0 Å². The molecule has 0 aromatic carbocycles. The van der Waals surface area contributed by atoms with Crippen molar-refractivity contribution in [3.63, 3.8) is 0 Å². The van der Waals surface area contributed by atoms with Gasteiger partial charge in [0.25, 0.3) is 0 Å². The molecule has 0 aromatic rings. The predicted octanol–water partition coefficient (Wildman–Crippen LogP) is 2.23. The van der Waals surface area contributed by atoms with Gasteiger partial charge in [-0.3, -0.25) is 0 Å². The lowest BCUT2D eigenvalue weighted by atomic mass is 9.79. The van der Waals surface area contributed by atoms with E-state index in [0.29, 0.717) is 5.41 Å². The minimum Gasteiger partial charge on any atom is -0.0656 e. The molecule has 0 aliphatic heterocycles. The second-order valence-corrected chi connectivity index (χ2v) is 6.49. The molecule has 2 saturated carbocycles. The van der Waals surface area contributed by atoms with Gasteiger partial charge in [-0.05, 0) is 42.4 Å². The molecule has 3 atom stereocenters. The van der Waals surface area contributed by atoms with Crippen LogP contribution in [0.3, 0.4) is 0 Å². The molecule has 2 aliphatic rings. The zero-order valence-electron chi connectivity index (χ0n) is 8.77. The van der Waals surface area contributed by atoms with Gasteiger partial charge in [0, 0.05) is 10.2 Å². The van der Waals surface area contributed by atoms with E-state index in [9.17, 15) is 0 Å². The lowest BCUT2D eigenvalue weighted by Crippen LogP contribution is -2.19. The smallest absolute Gasteiger partial charge is 0.00281 e. The zero-order chi connectivity index (χ0) is 8.77. The van der Waals surface area contributed by atoms with Crippen LogP contribution in [0, 0.1) is 23.2 Å². The Morgan fingerprint density at radius 1 is 1.33 bits per heavy atom. The van der Waals surface area contributed by atoms with Crippen molar-refractivity contribution in [2.24, 2.45) is 23.2 Å². The number of fused-ring (bicyclic) bond motifs is 2. The van der Waals surface area contributed by atoms with Gasteiger partial charge in [-0.25, -0.2) is 0 Å². The molecule has 2 bridgehead atoms. The van der Waals surface area contributed by atoms with E-state index in [0.717, 1.165) is 17.8 Å². The van der Waals surface area contributed by atoms with Gasteiger partial charge in [0.15, 0.2) is 0 Å². The molecule has 0 amide bonds. The molecule has 0 N–H and O–H groups in total. The fourth-order valence-electron chi connectivity index (χ4n) is 3.91. The molecule has 0 aromatic heterocycles. The summed E-state index contributed by atoms with van der Waals surface area (Å²) in [6, 6.07) is 1.53. The van der Waals surface area contributed by atoms with Gasteiger partial charge >= 0.3 is 0 Å². The monoisotopic (exact) mass is 182 g/mol. The van der Waals surface area contributed by atoms with E-state index in [4.69, 9.17) is 0 Å².